The molecule has 0 spiro atoms. The van der Waals surface area contributed by atoms with Crippen LogP contribution < -0.4 is 0 Å². The summed E-state index contributed by atoms with van der Waals surface area (Å²) in [6, 6.07) is 1.74. The summed E-state index contributed by atoms with van der Waals surface area (Å²) in [5.41, 5.74) is 0.0161. The van der Waals surface area contributed by atoms with Crippen LogP contribution in [-0.2, 0) is 4.74 Å². The Labute approximate surface area is 96.0 Å². The summed E-state index contributed by atoms with van der Waals surface area (Å²) in [4.78, 5) is 11.6. The van der Waals surface area contributed by atoms with Crippen LogP contribution in [0.5, 0.6) is 0 Å². The second-order valence-corrected chi connectivity index (χ2v) is 3.51. The first kappa shape index (κ1) is 11.6. The number of hydrogen-bond acceptors (Lipinski definition) is 3. The van der Waals surface area contributed by atoms with E-state index in [1.807, 2.05) is 0 Å². The first-order chi connectivity index (χ1) is 8.04. The molecule has 1 aromatic heterocycles. The Morgan fingerprint density at radius 3 is 2.76 bits per heavy atom. The number of esters is 1. The second-order valence-electron chi connectivity index (χ2n) is 3.51. The van der Waals surface area contributed by atoms with Crippen LogP contribution in [0.2, 0.25) is 0 Å². The molecule has 0 fully saturated rings. The molecule has 3 nitrogen and oxygen atoms in total. The molecule has 0 saturated carbocycles. The summed E-state index contributed by atoms with van der Waals surface area (Å²) in [6.07, 6.45) is 0. The summed E-state index contributed by atoms with van der Waals surface area (Å²) in [6.45, 7) is 3.32. The molecule has 1 heterocycles. The number of rotatable bonds is 2. The Morgan fingerprint density at radius 1 is 1.41 bits per heavy atom. The van der Waals surface area contributed by atoms with Crippen molar-refractivity contribution in [1.82, 2.24) is 0 Å². The molecule has 0 bridgehead atoms. The van der Waals surface area contributed by atoms with Crippen LogP contribution >= 0.6 is 0 Å². The maximum atomic E-state index is 13.6. The molecular formula is C12H10F2O3. The van der Waals surface area contributed by atoms with E-state index in [0.29, 0.717) is 6.07 Å². The predicted octanol–water partition coefficient (Wildman–Crippen LogP) is 3.20. The summed E-state index contributed by atoms with van der Waals surface area (Å²) in [7, 11) is 0. The van der Waals surface area contributed by atoms with Crippen LogP contribution in [-0.4, -0.2) is 12.6 Å². The zero-order valence-corrected chi connectivity index (χ0v) is 9.34. The first-order valence-electron chi connectivity index (χ1n) is 5.09. The molecule has 0 atom stereocenters. The van der Waals surface area contributed by atoms with E-state index in [1.54, 1.807) is 6.92 Å². The van der Waals surface area contributed by atoms with Crippen molar-refractivity contribution in [3.05, 3.63) is 35.1 Å². The lowest BCUT2D eigenvalue weighted by atomic mass is 10.1. The van der Waals surface area contributed by atoms with E-state index in [0.717, 1.165) is 6.07 Å². The first-order valence-corrected chi connectivity index (χ1v) is 5.09. The highest BCUT2D eigenvalue weighted by atomic mass is 19.1. The molecule has 90 valence electrons. The van der Waals surface area contributed by atoms with E-state index >= 15 is 0 Å². The van der Waals surface area contributed by atoms with E-state index < -0.39 is 17.6 Å². The molecule has 0 aliphatic heterocycles. The molecular weight excluding hydrogens is 230 g/mol. The number of furan rings is 1. The van der Waals surface area contributed by atoms with Gasteiger partial charge in [0, 0.05) is 12.1 Å². The van der Waals surface area contributed by atoms with Gasteiger partial charge in [0.15, 0.2) is 0 Å². The van der Waals surface area contributed by atoms with Crippen molar-refractivity contribution in [3.8, 4) is 0 Å². The van der Waals surface area contributed by atoms with E-state index in [-0.39, 0.29) is 28.9 Å². The number of ether oxygens (including phenoxy) is 1. The van der Waals surface area contributed by atoms with Gasteiger partial charge in [-0.05, 0) is 13.8 Å². The number of aryl methyl sites for hydroxylation is 1. The maximum absolute atomic E-state index is 13.6. The number of fused-ring (bicyclic) bond motifs is 1. The minimum atomic E-state index is -0.833. The van der Waals surface area contributed by atoms with Crippen molar-refractivity contribution in [2.75, 3.05) is 6.61 Å². The highest BCUT2D eigenvalue weighted by Crippen LogP contribution is 2.29. The lowest BCUT2D eigenvalue weighted by Gasteiger charge is -2.00. The van der Waals surface area contributed by atoms with Gasteiger partial charge >= 0.3 is 5.97 Å². The predicted molar refractivity (Wildman–Crippen MR) is 56.8 cm³/mol. The smallest absolute Gasteiger partial charge is 0.342 e. The third-order valence-electron chi connectivity index (χ3n) is 2.36. The molecule has 0 saturated heterocycles. The van der Waals surface area contributed by atoms with Crippen molar-refractivity contribution in [1.29, 1.82) is 0 Å². The molecule has 2 rings (SSSR count). The lowest BCUT2D eigenvalue weighted by Crippen LogP contribution is -2.05. The topological polar surface area (TPSA) is 39.4 Å². The number of carbonyl (C=O) groups excluding carboxylic acids is 1. The van der Waals surface area contributed by atoms with Gasteiger partial charge in [-0.2, -0.15) is 0 Å². The van der Waals surface area contributed by atoms with Crippen LogP contribution in [0.15, 0.2) is 16.5 Å². The molecule has 0 N–H and O–H groups in total. The number of carbonyl (C=O) groups is 1. The van der Waals surface area contributed by atoms with Crippen LogP contribution in [0.3, 0.4) is 0 Å². The zero-order valence-electron chi connectivity index (χ0n) is 9.34. The maximum Gasteiger partial charge on any atom is 0.342 e. The zero-order chi connectivity index (χ0) is 12.6. The highest BCUT2D eigenvalue weighted by Gasteiger charge is 2.22. The van der Waals surface area contributed by atoms with Gasteiger partial charge in [0.1, 0.15) is 28.5 Å². The van der Waals surface area contributed by atoms with Crippen LogP contribution in [0.1, 0.15) is 23.0 Å². The van der Waals surface area contributed by atoms with Crippen molar-refractivity contribution in [3.63, 3.8) is 0 Å². The quantitative estimate of drug-likeness (QED) is 0.757. The van der Waals surface area contributed by atoms with Crippen molar-refractivity contribution >= 4 is 16.9 Å². The van der Waals surface area contributed by atoms with Gasteiger partial charge in [-0.1, -0.05) is 0 Å². The van der Waals surface area contributed by atoms with Crippen LogP contribution in [0.4, 0.5) is 8.78 Å². The van der Waals surface area contributed by atoms with Gasteiger partial charge in [-0.15, -0.1) is 0 Å². The van der Waals surface area contributed by atoms with E-state index in [9.17, 15) is 13.6 Å². The Kier molecular flexibility index (Phi) is 2.83. The average molecular weight is 240 g/mol. The largest absolute Gasteiger partial charge is 0.462 e. The van der Waals surface area contributed by atoms with Gasteiger partial charge in [0.2, 0.25) is 0 Å². The molecule has 0 unspecified atom stereocenters. The SMILES string of the molecule is CCOC(=O)c1c(C)oc2cc(F)cc(F)c12. The molecule has 17 heavy (non-hydrogen) atoms. The third kappa shape index (κ3) is 1.88. The standard InChI is InChI=1S/C12H10F2O3/c1-3-16-12(15)10-6(2)17-9-5-7(13)4-8(14)11(9)10/h4-5H,3H2,1-2H3. The summed E-state index contributed by atoms with van der Waals surface area (Å²) in [5, 5.41) is -0.0395. The van der Waals surface area contributed by atoms with Gasteiger partial charge in [0.05, 0.1) is 12.0 Å². The van der Waals surface area contributed by atoms with E-state index in [4.69, 9.17) is 9.15 Å². The summed E-state index contributed by atoms with van der Waals surface area (Å²) in [5.74, 6) is -2.05. The fourth-order valence-electron chi connectivity index (χ4n) is 1.71. The monoisotopic (exact) mass is 240 g/mol. The molecule has 2 aromatic rings. The molecule has 1 aromatic carbocycles. The molecule has 5 heteroatoms. The molecule has 0 aliphatic rings. The lowest BCUT2D eigenvalue weighted by molar-refractivity contribution is 0.0526. The Morgan fingerprint density at radius 2 is 2.12 bits per heavy atom. The minimum Gasteiger partial charge on any atom is -0.462 e. The van der Waals surface area contributed by atoms with Crippen LogP contribution in [0.25, 0.3) is 11.0 Å². The number of benzene rings is 1. The van der Waals surface area contributed by atoms with Crippen molar-refractivity contribution < 1.29 is 22.7 Å². The summed E-state index contributed by atoms with van der Waals surface area (Å²) < 4.78 is 36.5. The normalized spacial score (nSPS) is 10.8. The van der Waals surface area contributed by atoms with Crippen LogP contribution in [0, 0.1) is 18.6 Å². The van der Waals surface area contributed by atoms with Crippen molar-refractivity contribution in [2.24, 2.45) is 0 Å². The van der Waals surface area contributed by atoms with E-state index in [1.165, 1.54) is 6.92 Å². The minimum absolute atomic E-state index is 0.00283. The second kappa shape index (κ2) is 4.16. The third-order valence-corrected chi connectivity index (χ3v) is 2.36. The van der Waals surface area contributed by atoms with E-state index in [2.05, 4.69) is 0 Å². The fourth-order valence-corrected chi connectivity index (χ4v) is 1.71. The highest BCUT2D eigenvalue weighted by molar-refractivity contribution is 6.04. The average Bonchev–Trinajstić information content (AvgIpc) is 2.54. The molecule has 0 radical (unpaired) electrons. The Balaban J connectivity index is 2.71. The van der Waals surface area contributed by atoms with Gasteiger partial charge < -0.3 is 9.15 Å². The van der Waals surface area contributed by atoms with Gasteiger partial charge in [-0.3, -0.25) is 0 Å². The molecule has 0 amide bonds. The Hall–Kier alpha value is -1.91. The van der Waals surface area contributed by atoms with Gasteiger partial charge in [0.25, 0.3) is 0 Å². The molecule has 0 aliphatic carbocycles. The Bertz CT molecular complexity index is 587. The summed E-state index contributed by atoms with van der Waals surface area (Å²) >= 11 is 0. The van der Waals surface area contributed by atoms with Crippen molar-refractivity contribution in [2.45, 2.75) is 13.8 Å². The number of hydrogen-bond donors (Lipinski definition) is 0. The fraction of sp³-hybridized carbons (Fsp3) is 0.250. The number of halogens is 2. The van der Waals surface area contributed by atoms with Gasteiger partial charge in [-0.25, -0.2) is 13.6 Å².